The van der Waals surface area contributed by atoms with Gasteiger partial charge in [-0.1, -0.05) is 24.3 Å². The fraction of sp³-hybridized carbons (Fsp3) is 0.562. The fourth-order valence-corrected chi connectivity index (χ4v) is 2.55. The molecule has 1 aromatic rings. The van der Waals surface area contributed by atoms with Crippen LogP contribution in [-0.2, 0) is 16.0 Å². The molecule has 0 aromatic heterocycles. The van der Waals surface area contributed by atoms with Crippen molar-refractivity contribution in [3.05, 3.63) is 35.4 Å². The summed E-state index contributed by atoms with van der Waals surface area (Å²) in [6, 6.07) is 8.07. The Morgan fingerprint density at radius 2 is 2.24 bits per heavy atom. The Morgan fingerprint density at radius 3 is 3.00 bits per heavy atom. The summed E-state index contributed by atoms with van der Waals surface area (Å²) in [6.07, 6.45) is 4.45. The van der Waals surface area contributed by atoms with Crippen molar-refractivity contribution in [2.75, 3.05) is 13.2 Å². The van der Waals surface area contributed by atoms with Crippen molar-refractivity contribution in [3.63, 3.8) is 0 Å². The Balaban J connectivity index is 0.00000220. The van der Waals surface area contributed by atoms with E-state index in [1.54, 1.807) is 6.92 Å². The maximum absolute atomic E-state index is 11.3. The molecule has 0 radical (unpaired) electrons. The van der Waals surface area contributed by atoms with Crippen LogP contribution in [0.2, 0.25) is 0 Å². The molecule has 1 aliphatic carbocycles. The lowest BCUT2D eigenvalue weighted by Crippen LogP contribution is -2.38. The van der Waals surface area contributed by atoms with Gasteiger partial charge in [0.05, 0.1) is 12.1 Å². The van der Waals surface area contributed by atoms with Gasteiger partial charge in [0, 0.05) is 13.2 Å². The highest BCUT2D eigenvalue weighted by atomic mass is 35.5. The summed E-state index contributed by atoms with van der Waals surface area (Å²) in [5.41, 5.74) is 8.22. The minimum absolute atomic E-state index is 0. The monoisotopic (exact) mass is 312 g/mol. The molecule has 1 aromatic carbocycles. The first-order valence-corrected chi connectivity index (χ1v) is 7.41. The highest BCUT2D eigenvalue weighted by Gasteiger charge is 2.19. The number of hydrogen-bond donors (Lipinski definition) is 2. The van der Waals surface area contributed by atoms with Gasteiger partial charge in [0.1, 0.15) is 0 Å². The maximum atomic E-state index is 11.3. The topological polar surface area (TPSA) is 64.4 Å². The van der Waals surface area contributed by atoms with E-state index in [-0.39, 0.29) is 24.4 Å². The van der Waals surface area contributed by atoms with E-state index in [1.807, 2.05) is 0 Å². The van der Waals surface area contributed by atoms with Gasteiger partial charge in [-0.2, -0.15) is 0 Å². The Labute approximate surface area is 132 Å². The molecule has 1 aliphatic rings. The van der Waals surface area contributed by atoms with E-state index in [2.05, 4.69) is 29.6 Å². The third-order valence-corrected chi connectivity index (χ3v) is 3.67. The molecule has 0 aliphatic heterocycles. The zero-order chi connectivity index (χ0) is 14.4. The van der Waals surface area contributed by atoms with Crippen molar-refractivity contribution in [2.24, 2.45) is 5.73 Å². The smallest absolute Gasteiger partial charge is 0.236 e. The summed E-state index contributed by atoms with van der Waals surface area (Å²) >= 11 is 0. The van der Waals surface area contributed by atoms with Gasteiger partial charge in [0.25, 0.3) is 0 Å². The number of benzene rings is 1. The van der Waals surface area contributed by atoms with E-state index in [4.69, 9.17) is 10.5 Å². The zero-order valence-corrected chi connectivity index (χ0v) is 13.3. The Morgan fingerprint density at radius 1 is 1.48 bits per heavy atom. The standard InChI is InChI=1S/C16H24N2O2.ClH/c1-12(17)16(19)18-10-5-11-20-15-9-4-7-13-6-2-3-8-14(13)15;/h2-3,6,8,12,15H,4-5,7,9-11,17H2,1H3,(H,18,19);1H/t12-,15?;/m0./s1. The number of hydrogen-bond acceptors (Lipinski definition) is 3. The first kappa shape index (κ1) is 18.0. The first-order valence-electron chi connectivity index (χ1n) is 7.41. The largest absolute Gasteiger partial charge is 0.373 e. The molecular formula is C16H25ClN2O2. The molecule has 1 unspecified atom stereocenters. The van der Waals surface area contributed by atoms with Crippen LogP contribution in [0.25, 0.3) is 0 Å². The van der Waals surface area contributed by atoms with Gasteiger partial charge < -0.3 is 15.8 Å². The third kappa shape index (κ3) is 5.30. The maximum Gasteiger partial charge on any atom is 0.236 e. The second-order valence-electron chi connectivity index (χ2n) is 5.38. The molecule has 0 fully saturated rings. The lowest BCUT2D eigenvalue weighted by Gasteiger charge is -2.25. The molecule has 4 nitrogen and oxygen atoms in total. The second kappa shape index (κ2) is 9.03. The van der Waals surface area contributed by atoms with Crippen LogP contribution in [0.4, 0.5) is 0 Å². The number of rotatable bonds is 6. The van der Waals surface area contributed by atoms with Crippen LogP contribution in [0.15, 0.2) is 24.3 Å². The van der Waals surface area contributed by atoms with E-state index in [0.29, 0.717) is 13.2 Å². The lowest BCUT2D eigenvalue weighted by atomic mass is 9.89. The second-order valence-corrected chi connectivity index (χ2v) is 5.38. The SMILES string of the molecule is C[C@H](N)C(=O)NCCCOC1CCCc2ccccc21.Cl. The molecular weight excluding hydrogens is 288 g/mol. The summed E-state index contributed by atoms with van der Waals surface area (Å²) in [7, 11) is 0. The van der Waals surface area contributed by atoms with Gasteiger partial charge in [0.15, 0.2) is 0 Å². The van der Waals surface area contributed by atoms with E-state index < -0.39 is 6.04 Å². The van der Waals surface area contributed by atoms with E-state index in [9.17, 15) is 4.79 Å². The molecule has 21 heavy (non-hydrogen) atoms. The summed E-state index contributed by atoms with van der Waals surface area (Å²) in [5.74, 6) is -0.104. The van der Waals surface area contributed by atoms with E-state index >= 15 is 0 Å². The molecule has 3 N–H and O–H groups in total. The van der Waals surface area contributed by atoms with Gasteiger partial charge in [0.2, 0.25) is 5.91 Å². The first-order chi connectivity index (χ1) is 9.68. The summed E-state index contributed by atoms with van der Waals surface area (Å²) in [4.78, 5) is 11.3. The van der Waals surface area contributed by atoms with Crippen molar-refractivity contribution in [3.8, 4) is 0 Å². The van der Waals surface area contributed by atoms with Crippen LogP contribution in [0, 0.1) is 0 Å². The van der Waals surface area contributed by atoms with E-state index in [0.717, 1.165) is 19.3 Å². The third-order valence-electron chi connectivity index (χ3n) is 3.67. The predicted molar refractivity (Wildman–Crippen MR) is 86.6 cm³/mol. The van der Waals surface area contributed by atoms with Crippen molar-refractivity contribution >= 4 is 18.3 Å². The summed E-state index contributed by atoms with van der Waals surface area (Å²) < 4.78 is 5.97. The van der Waals surface area contributed by atoms with E-state index in [1.165, 1.54) is 17.5 Å². The van der Waals surface area contributed by atoms with Crippen LogP contribution in [-0.4, -0.2) is 25.1 Å². The molecule has 0 bridgehead atoms. The van der Waals surface area contributed by atoms with Gasteiger partial charge in [-0.05, 0) is 43.7 Å². The fourth-order valence-electron chi connectivity index (χ4n) is 2.55. The number of carbonyl (C=O) groups excluding carboxylic acids is 1. The number of amides is 1. The van der Waals surface area contributed by atoms with Crippen LogP contribution in [0.3, 0.4) is 0 Å². The number of ether oxygens (including phenoxy) is 1. The lowest BCUT2D eigenvalue weighted by molar-refractivity contribution is -0.122. The number of halogens is 1. The Bertz CT molecular complexity index is 452. The molecule has 0 spiro atoms. The van der Waals surface area contributed by atoms with Gasteiger partial charge in [-0.25, -0.2) is 0 Å². The Hall–Kier alpha value is -1.10. The molecule has 1 amide bonds. The number of carbonyl (C=O) groups is 1. The van der Waals surface area contributed by atoms with Gasteiger partial charge in [-0.15, -0.1) is 12.4 Å². The van der Waals surface area contributed by atoms with Gasteiger partial charge >= 0.3 is 0 Å². The van der Waals surface area contributed by atoms with Crippen LogP contribution >= 0.6 is 12.4 Å². The molecule has 5 heteroatoms. The van der Waals surface area contributed by atoms with Crippen molar-refractivity contribution in [2.45, 2.75) is 44.8 Å². The van der Waals surface area contributed by atoms with Crippen molar-refractivity contribution in [1.29, 1.82) is 0 Å². The minimum atomic E-state index is -0.443. The predicted octanol–water partition coefficient (Wildman–Crippen LogP) is 2.36. The quantitative estimate of drug-likeness (QED) is 0.793. The zero-order valence-electron chi connectivity index (χ0n) is 12.5. The van der Waals surface area contributed by atoms with Crippen molar-refractivity contribution < 1.29 is 9.53 Å². The summed E-state index contributed by atoms with van der Waals surface area (Å²) in [6.45, 7) is 2.97. The molecule has 0 heterocycles. The van der Waals surface area contributed by atoms with Crippen molar-refractivity contribution in [1.82, 2.24) is 5.32 Å². The van der Waals surface area contributed by atoms with Crippen LogP contribution in [0.1, 0.15) is 43.4 Å². The molecule has 118 valence electrons. The molecule has 2 rings (SSSR count). The molecule has 2 atom stereocenters. The highest BCUT2D eigenvalue weighted by molar-refractivity contribution is 5.85. The molecule has 0 saturated heterocycles. The average molecular weight is 313 g/mol. The number of aryl methyl sites for hydroxylation is 1. The minimum Gasteiger partial charge on any atom is -0.373 e. The van der Waals surface area contributed by atoms with Gasteiger partial charge in [-0.3, -0.25) is 4.79 Å². The Kier molecular flexibility index (Phi) is 7.72. The normalized spacial score (nSPS) is 18.3. The molecule has 0 saturated carbocycles. The van der Waals surface area contributed by atoms with Crippen LogP contribution in [0.5, 0.6) is 0 Å². The number of nitrogens with two attached hydrogens (primary N) is 1. The average Bonchev–Trinajstić information content (AvgIpc) is 2.46. The number of fused-ring (bicyclic) bond motifs is 1. The van der Waals surface area contributed by atoms with Crippen LogP contribution < -0.4 is 11.1 Å². The highest BCUT2D eigenvalue weighted by Crippen LogP contribution is 2.32. The number of nitrogens with one attached hydrogen (secondary N) is 1. The summed E-state index contributed by atoms with van der Waals surface area (Å²) in [5, 5.41) is 2.80.